The second-order valence-electron chi connectivity index (χ2n) is 8.26. The first-order valence-corrected chi connectivity index (χ1v) is 9.62. The van der Waals surface area contributed by atoms with E-state index in [-0.39, 0.29) is 29.8 Å². The van der Waals surface area contributed by atoms with Crippen LogP contribution in [0, 0.1) is 11.3 Å². The van der Waals surface area contributed by atoms with E-state index in [9.17, 15) is 22.8 Å². The Morgan fingerprint density at radius 3 is 2.57 bits per heavy atom. The van der Waals surface area contributed by atoms with Gasteiger partial charge in [-0.25, -0.2) is 4.79 Å². The lowest BCUT2D eigenvalue weighted by Crippen LogP contribution is -2.59. The molecule has 1 aliphatic carbocycles. The van der Waals surface area contributed by atoms with Crippen molar-refractivity contribution in [2.24, 2.45) is 11.3 Å². The summed E-state index contributed by atoms with van der Waals surface area (Å²) >= 11 is 0. The summed E-state index contributed by atoms with van der Waals surface area (Å²) in [6, 6.07) is 5.48. The third kappa shape index (κ3) is 3.69. The Balaban J connectivity index is 1.33. The Bertz CT molecular complexity index is 757. The lowest BCUT2D eigenvalue weighted by molar-refractivity contribution is -0.147. The fourth-order valence-electron chi connectivity index (χ4n) is 4.77. The second kappa shape index (κ2) is 6.97. The number of likely N-dealkylation sites (tertiary alicyclic amines) is 1. The first-order chi connectivity index (χ1) is 13.3. The number of ether oxygens (including phenoxy) is 1. The molecule has 3 fully saturated rings. The van der Waals surface area contributed by atoms with Gasteiger partial charge in [-0.15, -0.1) is 0 Å². The highest BCUT2D eigenvalue weighted by Crippen LogP contribution is 2.52. The van der Waals surface area contributed by atoms with Gasteiger partial charge >= 0.3 is 12.3 Å². The molecule has 2 saturated heterocycles. The van der Waals surface area contributed by atoms with Crippen LogP contribution in [0.5, 0.6) is 0 Å². The van der Waals surface area contributed by atoms with Crippen LogP contribution in [0.15, 0.2) is 24.3 Å². The fraction of sp³-hybridized carbons (Fsp3) is 0.600. The van der Waals surface area contributed by atoms with Crippen molar-refractivity contribution in [2.75, 3.05) is 26.2 Å². The average Bonchev–Trinajstić information content (AvgIpc) is 2.97. The zero-order valence-corrected chi connectivity index (χ0v) is 15.4. The molecule has 0 radical (unpaired) electrons. The highest BCUT2D eigenvalue weighted by molar-refractivity contribution is 5.81. The summed E-state index contributed by atoms with van der Waals surface area (Å²) in [5, 5.41) is 2.59. The third-order valence-corrected chi connectivity index (χ3v) is 6.32. The lowest BCUT2D eigenvalue weighted by Gasteiger charge is -2.49. The zero-order chi connectivity index (χ0) is 19.9. The number of rotatable bonds is 2. The fourth-order valence-corrected chi connectivity index (χ4v) is 4.77. The van der Waals surface area contributed by atoms with E-state index in [4.69, 9.17) is 4.74 Å². The van der Waals surface area contributed by atoms with Crippen LogP contribution >= 0.6 is 0 Å². The van der Waals surface area contributed by atoms with Crippen molar-refractivity contribution in [3.05, 3.63) is 35.4 Å². The van der Waals surface area contributed by atoms with Crippen molar-refractivity contribution >= 4 is 12.0 Å². The number of nitrogens with one attached hydrogen (secondary N) is 1. The molecule has 1 aromatic rings. The maximum Gasteiger partial charge on any atom is 0.416 e. The van der Waals surface area contributed by atoms with Crippen LogP contribution < -0.4 is 5.32 Å². The highest BCUT2D eigenvalue weighted by atomic mass is 19.4. The van der Waals surface area contributed by atoms with Gasteiger partial charge in [-0.2, -0.15) is 13.2 Å². The Hall–Kier alpha value is -2.25. The normalized spacial score (nSPS) is 27.0. The van der Waals surface area contributed by atoms with E-state index in [0.717, 1.165) is 37.0 Å². The van der Waals surface area contributed by atoms with Gasteiger partial charge in [0, 0.05) is 25.0 Å². The van der Waals surface area contributed by atoms with Crippen molar-refractivity contribution in [1.82, 2.24) is 10.2 Å². The minimum absolute atomic E-state index is 0.0504. The van der Waals surface area contributed by atoms with Gasteiger partial charge in [0.2, 0.25) is 5.91 Å². The number of amides is 2. The summed E-state index contributed by atoms with van der Waals surface area (Å²) in [5.74, 6) is 0.0374. The van der Waals surface area contributed by atoms with Gasteiger partial charge in [-0.1, -0.05) is 12.1 Å². The molecule has 152 valence electrons. The molecule has 2 heterocycles. The molecule has 0 unspecified atom stereocenters. The Labute approximate surface area is 161 Å². The molecule has 2 atom stereocenters. The van der Waals surface area contributed by atoms with E-state index in [2.05, 4.69) is 5.32 Å². The summed E-state index contributed by atoms with van der Waals surface area (Å²) in [7, 11) is 0. The van der Waals surface area contributed by atoms with E-state index in [1.165, 1.54) is 0 Å². The predicted octanol–water partition coefficient (Wildman–Crippen LogP) is 3.55. The third-order valence-electron chi connectivity index (χ3n) is 6.32. The van der Waals surface area contributed by atoms with Gasteiger partial charge in [-0.05, 0) is 49.3 Å². The van der Waals surface area contributed by atoms with E-state index >= 15 is 0 Å². The second-order valence-corrected chi connectivity index (χ2v) is 8.26. The molecule has 4 rings (SSSR count). The number of alkyl carbamates (subject to hydrolysis) is 1. The van der Waals surface area contributed by atoms with Crippen molar-refractivity contribution < 1.29 is 27.5 Å². The van der Waals surface area contributed by atoms with Gasteiger partial charge in [0.25, 0.3) is 0 Å². The highest BCUT2D eigenvalue weighted by Gasteiger charge is 2.50. The maximum atomic E-state index is 12.7. The van der Waals surface area contributed by atoms with Crippen molar-refractivity contribution in [1.29, 1.82) is 0 Å². The molecule has 1 spiro atoms. The molecule has 1 aromatic carbocycles. The molecule has 3 aliphatic rings. The molecule has 5 nitrogen and oxygen atoms in total. The maximum absolute atomic E-state index is 12.7. The average molecular weight is 396 g/mol. The van der Waals surface area contributed by atoms with Crippen LogP contribution in [0.2, 0.25) is 0 Å². The number of halogens is 3. The standard InChI is InChI=1S/C20H23F3N2O3/c21-20(22,23)16-3-1-13(2-4-16)14-5-7-19(9-14)11-25(12-19)17(26)15-6-8-28-18(27)24-10-15/h1-4,14-15H,5-12H2,(H,24,27)/t14-,15+/m0/s1. The molecule has 1 saturated carbocycles. The minimum Gasteiger partial charge on any atom is -0.450 e. The first-order valence-electron chi connectivity index (χ1n) is 9.62. The van der Waals surface area contributed by atoms with Gasteiger partial charge < -0.3 is 15.0 Å². The predicted molar refractivity (Wildman–Crippen MR) is 94.5 cm³/mol. The van der Waals surface area contributed by atoms with E-state index in [0.29, 0.717) is 26.1 Å². The summed E-state index contributed by atoms with van der Waals surface area (Å²) < 4.78 is 43.1. The van der Waals surface area contributed by atoms with Gasteiger partial charge in [0.1, 0.15) is 0 Å². The minimum atomic E-state index is -4.31. The molecule has 8 heteroatoms. The first kappa shape index (κ1) is 19.1. The summed E-state index contributed by atoms with van der Waals surface area (Å²) in [5.41, 5.74) is 0.398. The molecule has 28 heavy (non-hydrogen) atoms. The van der Waals surface area contributed by atoms with Crippen LogP contribution in [-0.2, 0) is 15.7 Å². The number of carbonyl (C=O) groups excluding carboxylic acids is 2. The van der Waals surface area contributed by atoms with Crippen molar-refractivity contribution in [3.8, 4) is 0 Å². The van der Waals surface area contributed by atoms with E-state index in [1.807, 2.05) is 4.90 Å². The summed E-state index contributed by atoms with van der Waals surface area (Å²) in [4.78, 5) is 25.8. The van der Waals surface area contributed by atoms with E-state index < -0.39 is 17.8 Å². The number of carbonyl (C=O) groups is 2. The SMILES string of the molecule is O=C1NC[C@H](C(=O)N2CC3(CC[C@H](c4ccc(C(F)(F)F)cc4)C3)C2)CCO1. The van der Waals surface area contributed by atoms with Gasteiger partial charge in [0.05, 0.1) is 18.1 Å². The summed E-state index contributed by atoms with van der Waals surface area (Å²) in [6.07, 6.45) is -1.46. The van der Waals surface area contributed by atoms with Crippen LogP contribution in [0.25, 0.3) is 0 Å². The monoisotopic (exact) mass is 396 g/mol. The lowest BCUT2D eigenvalue weighted by atomic mass is 9.76. The van der Waals surface area contributed by atoms with E-state index in [1.54, 1.807) is 12.1 Å². The number of cyclic esters (lactones) is 1. The van der Waals surface area contributed by atoms with Crippen LogP contribution in [0.1, 0.15) is 42.7 Å². The molecule has 2 amide bonds. The van der Waals surface area contributed by atoms with Crippen LogP contribution in [-0.4, -0.2) is 43.1 Å². The largest absolute Gasteiger partial charge is 0.450 e. The number of alkyl halides is 3. The number of hydrogen-bond donors (Lipinski definition) is 1. The molecule has 0 bridgehead atoms. The van der Waals surface area contributed by atoms with Crippen LogP contribution in [0.4, 0.5) is 18.0 Å². The van der Waals surface area contributed by atoms with Crippen molar-refractivity contribution in [2.45, 2.75) is 37.8 Å². The smallest absolute Gasteiger partial charge is 0.416 e. The molecular weight excluding hydrogens is 373 g/mol. The molecule has 2 aliphatic heterocycles. The van der Waals surface area contributed by atoms with Gasteiger partial charge in [0.15, 0.2) is 0 Å². The number of hydrogen-bond acceptors (Lipinski definition) is 3. The molecule has 1 N–H and O–H groups in total. The molecule has 0 aromatic heterocycles. The number of benzene rings is 1. The van der Waals surface area contributed by atoms with Crippen LogP contribution in [0.3, 0.4) is 0 Å². The Kier molecular flexibility index (Phi) is 4.75. The van der Waals surface area contributed by atoms with Crippen molar-refractivity contribution in [3.63, 3.8) is 0 Å². The van der Waals surface area contributed by atoms with Gasteiger partial charge in [-0.3, -0.25) is 4.79 Å². The number of nitrogens with zero attached hydrogens (tertiary/aromatic N) is 1. The zero-order valence-electron chi connectivity index (χ0n) is 15.4. The quantitative estimate of drug-likeness (QED) is 0.832. The summed E-state index contributed by atoms with van der Waals surface area (Å²) in [6.45, 7) is 1.93. The molecular formula is C20H23F3N2O3. The Morgan fingerprint density at radius 2 is 1.89 bits per heavy atom. The Morgan fingerprint density at radius 1 is 1.18 bits per heavy atom. The topological polar surface area (TPSA) is 58.6 Å².